The lowest BCUT2D eigenvalue weighted by Gasteiger charge is -2.44. The van der Waals surface area contributed by atoms with Crippen molar-refractivity contribution < 1.29 is 0 Å². The van der Waals surface area contributed by atoms with Crippen LogP contribution in [0.3, 0.4) is 0 Å². The fourth-order valence-electron chi connectivity index (χ4n) is 3.28. The standard InChI is InChI=1S/C16H23N3/c1-14-13-18(16-9-5-6-10-17-16)11-12-19(14)15-7-3-2-4-8-15/h3,5-7,9-10,14-15H,2,4,8,11-13H2,1H3. The van der Waals surface area contributed by atoms with Crippen molar-refractivity contribution >= 4 is 5.82 Å². The zero-order valence-corrected chi connectivity index (χ0v) is 11.7. The molecule has 2 aliphatic rings. The highest BCUT2D eigenvalue weighted by Crippen LogP contribution is 2.23. The van der Waals surface area contributed by atoms with Crippen molar-refractivity contribution in [3.63, 3.8) is 0 Å². The van der Waals surface area contributed by atoms with Gasteiger partial charge in [0.05, 0.1) is 0 Å². The maximum atomic E-state index is 4.47. The lowest BCUT2D eigenvalue weighted by atomic mass is 9.99. The van der Waals surface area contributed by atoms with Crippen LogP contribution in [0.4, 0.5) is 5.82 Å². The van der Waals surface area contributed by atoms with Gasteiger partial charge >= 0.3 is 0 Å². The van der Waals surface area contributed by atoms with E-state index >= 15 is 0 Å². The lowest BCUT2D eigenvalue weighted by Crippen LogP contribution is -2.55. The molecule has 0 bridgehead atoms. The molecule has 0 aromatic carbocycles. The van der Waals surface area contributed by atoms with E-state index in [1.54, 1.807) is 0 Å². The van der Waals surface area contributed by atoms with Crippen LogP contribution in [0, 0.1) is 0 Å². The number of hydrogen-bond donors (Lipinski definition) is 0. The van der Waals surface area contributed by atoms with E-state index in [1.807, 2.05) is 12.3 Å². The minimum absolute atomic E-state index is 0.600. The van der Waals surface area contributed by atoms with Gasteiger partial charge in [-0.05, 0) is 38.3 Å². The minimum atomic E-state index is 0.600. The molecule has 1 aromatic rings. The van der Waals surface area contributed by atoms with E-state index in [0.717, 1.165) is 25.5 Å². The molecule has 1 aromatic heterocycles. The van der Waals surface area contributed by atoms with Crippen molar-refractivity contribution in [2.24, 2.45) is 0 Å². The van der Waals surface area contributed by atoms with E-state index in [9.17, 15) is 0 Å². The van der Waals surface area contributed by atoms with E-state index in [-0.39, 0.29) is 0 Å². The van der Waals surface area contributed by atoms with Crippen LogP contribution in [0.5, 0.6) is 0 Å². The monoisotopic (exact) mass is 257 g/mol. The van der Waals surface area contributed by atoms with E-state index in [2.05, 4.69) is 46.0 Å². The van der Waals surface area contributed by atoms with Gasteiger partial charge in [0.2, 0.25) is 0 Å². The second-order valence-electron chi connectivity index (χ2n) is 5.65. The van der Waals surface area contributed by atoms with Crippen LogP contribution in [0.1, 0.15) is 26.2 Å². The lowest BCUT2D eigenvalue weighted by molar-refractivity contribution is 0.143. The largest absolute Gasteiger partial charge is 0.354 e. The summed E-state index contributed by atoms with van der Waals surface area (Å²) >= 11 is 0. The number of aromatic nitrogens is 1. The molecule has 1 fully saturated rings. The summed E-state index contributed by atoms with van der Waals surface area (Å²) in [7, 11) is 0. The molecule has 0 N–H and O–H groups in total. The third kappa shape index (κ3) is 2.81. The molecule has 1 aliphatic heterocycles. The van der Waals surface area contributed by atoms with Gasteiger partial charge < -0.3 is 4.90 Å². The van der Waals surface area contributed by atoms with Crippen LogP contribution in [0.2, 0.25) is 0 Å². The molecule has 1 aliphatic carbocycles. The maximum absolute atomic E-state index is 4.47. The van der Waals surface area contributed by atoms with Gasteiger partial charge in [-0.2, -0.15) is 0 Å². The molecule has 0 spiro atoms. The van der Waals surface area contributed by atoms with Gasteiger partial charge in [0.15, 0.2) is 0 Å². The summed E-state index contributed by atoms with van der Waals surface area (Å²) in [6.45, 7) is 5.66. The molecule has 2 heterocycles. The minimum Gasteiger partial charge on any atom is -0.354 e. The molecule has 19 heavy (non-hydrogen) atoms. The van der Waals surface area contributed by atoms with Crippen molar-refractivity contribution in [1.82, 2.24) is 9.88 Å². The smallest absolute Gasteiger partial charge is 0.128 e. The zero-order chi connectivity index (χ0) is 13.1. The molecule has 2 unspecified atom stereocenters. The second-order valence-corrected chi connectivity index (χ2v) is 5.65. The average molecular weight is 257 g/mol. The van der Waals surface area contributed by atoms with Gasteiger partial charge in [-0.1, -0.05) is 18.2 Å². The Labute approximate surface area is 115 Å². The van der Waals surface area contributed by atoms with Crippen LogP contribution in [-0.4, -0.2) is 41.6 Å². The molecule has 3 rings (SSSR count). The highest BCUT2D eigenvalue weighted by atomic mass is 15.3. The summed E-state index contributed by atoms with van der Waals surface area (Å²) in [4.78, 5) is 9.54. The number of allylic oxidation sites excluding steroid dienone is 1. The first-order chi connectivity index (χ1) is 9.34. The summed E-state index contributed by atoms with van der Waals surface area (Å²) in [6.07, 6.45) is 10.6. The number of hydrogen-bond acceptors (Lipinski definition) is 3. The fourth-order valence-corrected chi connectivity index (χ4v) is 3.28. The number of anilines is 1. The topological polar surface area (TPSA) is 19.4 Å². The van der Waals surface area contributed by atoms with Gasteiger partial charge in [0.25, 0.3) is 0 Å². The third-order valence-electron chi connectivity index (χ3n) is 4.31. The van der Waals surface area contributed by atoms with Gasteiger partial charge in [-0.25, -0.2) is 4.98 Å². The highest BCUT2D eigenvalue weighted by molar-refractivity contribution is 5.38. The van der Waals surface area contributed by atoms with Crippen LogP contribution >= 0.6 is 0 Å². The summed E-state index contributed by atoms with van der Waals surface area (Å²) < 4.78 is 0. The van der Waals surface area contributed by atoms with E-state index < -0.39 is 0 Å². The third-order valence-corrected chi connectivity index (χ3v) is 4.31. The van der Waals surface area contributed by atoms with E-state index in [0.29, 0.717) is 12.1 Å². The molecule has 0 saturated carbocycles. The Morgan fingerprint density at radius 1 is 1.26 bits per heavy atom. The van der Waals surface area contributed by atoms with Crippen molar-refractivity contribution in [1.29, 1.82) is 0 Å². The van der Waals surface area contributed by atoms with Crippen molar-refractivity contribution in [3.8, 4) is 0 Å². The van der Waals surface area contributed by atoms with Crippen LogP contribution in [0.25, 0.3) is 0 Å². The normalized spacial score (nSPS) is 28.6. The average Bonchev–Trinajstić information content (AvgIpc) is 2.49. The predicted octanol–water partition coefficient (Wildman–Crippen LogP) is 2.70. The van der Waals surface area contributed by atoms with Crippen molar-refractivity contribution in [2.75, 3.05) is 24.5 Å². The van der Waals surface area contributed by atoms with Crippen LogP contribution in [-0.2, 0) is 0 Å². The Balaban J connectivity index is 1.65. The summed E-state index contributed by atoms with van der Waals surface area (Å²) in [6, 6.07) is 7.43. The fraction of sp³-hybridized carbons (Fsp3) is 0.562. The van der Waals surface area contributed by atoms with E-state index in [1.165, 1.54) is 19.3 Å². The predicted molar refractivity (Wildman–Crippen MR) is 79.4 cm³/mol. The van der Waals surface area contributed by atoms with Crippen LogP contribution in [0.15, 0.2) is 36.5 Å². The Morgan fingerprint density at radius 2 is 2.21 bits per heavy atom. The highest BCUT2D eigenvalue weighted by Gasteiger charge is 2.28. The van der Waals surface area contributed by atoms with Gasteiger partial charge in [-0.3, -0.25) is 4.90 Å². The van der Waals surface area contributed by atoms with E-state index in [4.69, 9.17) is 0 Å². The molecular formula is C16H23N3. The van der Waals surface area contributed by atoms with Crippen LogP contribution < -0.4 is 4.90 Å². The molecule has 3 heteroatoms. The van der Waals surface area contributed by atoms with Gasteiger partial charge in [-0.15, -0.1) is 0 Å². The Bertz CT molecular complexity index is 429. The van der Waals surface area contributed by atoms with Crippen molar-refractivity contribution in [2.45, 2.75) is 38.3 Å². The molecule has 1 saturated heterocycles. The molecule has 2 atom stereocenters. The first-order valence-corrected chi connectivity index (χ1v) is 7.43. The Hall–Kier alpha value is -1.35. The molecule has 0 amide bonds. The van der Waals surface area contributed by atoms with Crippen molar-refractivity contribution in [3.05, 3.63) is 36.5 Å². The number of pyridine rings is 1. The number of rotatable bonds is 2. The summed E-state index contributed by atoms with van der Waals surface area (Å²) in [5, 5.41) is 0. The van der Waals surface area contributed by atoms with Gasteiger partial charge in [0, 0.05) is 37.9 Å². The molecular weight excluding hydrogens is 234 g/mol. The zero-order valence-electron chi connectivity index (χ0n) is 11.7. The first kappa shape index (κ1) is 12.7. The Kier molecular flexibility index (Phi) is 3.83. The summed E-state index contributed by atoms with van der Waals surface area (Å²) in [5.74, 6) is 1.12. The summed E-state index contributed by atoms with van der Waals surface area (Å²) in [5.41, 5.74) is 0. The first-order valence-electron chi connectivity index (χ1n) is 7.43. The molecule has 102 valence electrons. The maximum Gasteiger partial charge on any atom is 0.128 e. The number of nitrogens with zero attached hydrogens (tertiary/aromatic N) is 3. The Morgan fingerprint density at radius 3 is 2.89 bits per heavy atom. The van der Waals surface area contributed by atoms with Gasteiger partial charge in [0.1, 0.15) is 5.82 Å². The second kappa shape index (κ2) is 5.74. The number of piperazine rings is 1. The molecule has 3 nitrogen and oxygen atoms in total. The quantitative estimate of drug-likeness (QED) is 0.759. The SMILES string of the molecule is CC1CN(c2ccccn2)CCN1C1C=CCCC1. The molecule has 0 radical (unpaired) electrons.